The first-order chi connectivity index (χ1) is 7.93. The molecule has 0 radical (unpaired) electrons. The van der Waals surface area contributed by atoms with Crippen molar-refractivity contribution in [3.63, 3.8) is 0 Å². The van der Waals surface area contributed by atoms with Gasteiger partial charge in [0.2, 0.25) is 0 Å². The summed E-state index contributed by atoms with van der Waals surface area (Å²) in [7, 11) is 0. The Kier molecular flexibility index (Phi) is 5.46. The summed E-state index contributed by atoms with van der Waals surface area (Å²) >= 11 is 0. The van der Waals surface area contributed by atoms with Crippen LogP contribution in [0.2, 0.25) is 0 Å². The minimum atomic E-state index is -0.231. The average Bonchev–Trinajstić information content (AvgIpc) is 2.26. The van der Waals surface area contributed by atoms with Gasteiger partial charge in [0, 0.05) is 12.6 Å². The number of hydrogen-bond donors (Lipinski definition) is 1. The fourth-order valence-corrected chi connectivity index (χ4v) is 2.80. The van der Waals surface area contributed by atoms with E-state index in [1.165, 1.54) is 32.1 Å². The van der Waals surface area contributed by atoms with Crippen LogP contribution < -0.4 is 5.32 Å². The van der Waals surface area contributed by atoms with E-state index in [1.54, 1.807) is 0 Å². The first-order valence-corrected chi connectivity index (χ1v) is 7.07. The molecule has 1 aliphatic rings. The molecule has 1 saturated carbocycles. The molecule has 1 N–H and O–H groups in total. The zero-order valence-corrected chi connectivity index (χ0v) is 11.9. The van der Waals surface area contributed by atoms with Crippen molar-refractivity contribution in [2.24, 2.45) is 17.3 Å². The van der Waals surface area contributed by atoms with Crippen LogP contribution in [0.4, 0.5) is 0 Å². The number of rotatable bonds is 5. The zero-order chi connectivity index (χ0) is 12.9. The minimum absolute atomic E-state index is 0.231. The van der Waals surface area contributed by atoms with Gasteiger partial charge < -0.3 is 5.32 Å². The van der Waals surface area contributed by atoms with Crippen molar-refractivity contribution in [1.82, 2.24) is 5.32 Å². The maximum Gasteiger partial charge on any atom is 0.0697 e. The predicted molar refractivity (Wildman–Crippen MR) is 72.6 cm³/mol. The van der Waals surface area contributed by atoms with E-state index >= 15 is 0 Å². The van der Waals surface area contributed by atoms with Crippen LogP contribution >= 0.6 is 0 Å². The molecule has 0 aromatic rings. The third-order valence-corrected chi connectivity index (χ3v) is 3.72. The molecule has 0 spiro atoms. The quantitative estimate of drug-likeness (QED) is 0.789. The van der Waals surface area contributed by atoms with Gasteiger partial charge in [-0.25, -0.2) is 0 Å². The molecule has 2 atom stereocenters. The van der Waals surface area contributed by atoms with Crippen LogP contribution in [0.15, 0.2) is 0 Å². The summed E-state index contributed by atoms with van der Waals surface area (Å²) in [6.45, 7) is 9.47. The van der Waals surface area contributed by atoms with E-state index < -0.39 is 0 Å². The smallest absolute Gasteiger partial charge is 0.0697 e. The minimum Gasteiger partial charge on any atom is -0.312 e. The van der Waals surface area contributed by atoms with Gasteiger partial charge in [-0.1, -0.05) is 26.7 Å². The van der Waals surface area contributed by atoms with Crippen molar-refractivity contribution >= 4 is 0 Å². The standard InChI is InChI=1S/C15H28N2/c1-12(2)8-13-6-5-7-14(9-13)17-11-15(3,4)10-16/h12-14,17H,5-9,11H2,1-4H3. The zero-order valence-electron chi connectivity index (χ0n) is 11.9. The Bertz CT molecular complexity index is 263. The Labute approximate surface area is 107 Å². The van der Waals surface area contributed by atoms with Gasteiger partial charge in [-0.05, 0) is 44.9 Å². The van der Waals surface area contributed by atoms with Gasteiger partial charge in [0.25, 0.3) is 0 Å². The van der Waals surface area contributed by atoms with Gasteiger partial charge >= 0.3 is 0 Å². The molecule has 0 amide bonds. The third-order valence-electron chi connectivity index (χ3n) is 3.72. The second-order valence-electron chi connectivity index (χ2n) is 6.74. The fourth-order valence-electron chi connectivity index (χ4n) is 2.80. The summed E-state index contributed by atoms with van der Waals surface area (Å²) < 4.78 is 0. The van der Waals surface area contributed by atoms with Gasteiger partial charge in [0.1, 0.15) is 0 Å². The lowest BCUT2D eigenvalue weighted by atomic mass is 9.80. The molecule has 0 saturated heterocycles. The van der Waals surface area contributed by atoms with Gasteiger partial charge in [-0.2, -0.15) is 5.26 Å². The van der Waals surface area contributed by atoms with Crippen molar-refractivity contribution < 1.29 is 0 Å². The highest BCUT2D eigenvalue weighted by Gasteiger charge is 2.24. The molecule has 98 valence electrons. The van der Waals surface area contributed by atoms with E-state index in [4.69, 9.17) is 5.26 Å². The molecule has 2 unspecified atom stereocenters. The summed E-state index contributed by atoms with van der Waals surface area (Å²) in [5.74, 6) is 1.71. The number of nitrogens with one attached hydrogen (secondary N) is 1. The maximum absolute atomic E-state index is 9.00. The molecule has 0 aliphatic heterocycles. The Morgan fingerprint density at radius 3 is 2.65 bits per heavy atom. The lowest BCUT2D eigenvalue weighted by molar-refractivity contribution is 0.242. The molecule has 0 aromatic heterocycles. The predicted octanol–water partition coefficient (Wildman–Crippen LogP) is 3.73. The van der Waals surface area contributed by atoms with E-state index in [-0.39, 0.29) is 5.41 Å². The first-order valence-electron chi connectivity index (χ1n) is 7.07. The largest absolute Gasteiger partial charge is 0.312 e. The van der Waals surface area contributed by atoms with Crippen molar-refractivity contribution in [1.29, 1.82) is 5.26 Å². The van der Waals surface area contributed by atoms with Crippen LogP contribution in [0, 0.1) is 28.6 Å². The summed E-state index contributed by atoms with van der Waals surface area (Å²) in [5.41, 5.74) is -0.231. The normalized spacial score (nSPS) is 25.9. The molecule has 0 heterocycles. The van der Waals surface area contributed by atoms with Crippen molar-refractivity contribution in [3.05, 3.63) is 0 Å². The summed E-state index contributed by atoms with van der Waals surface area (Å²) in [6.07, 6.45) is 6.70. The highest BCUT2D eigenvalue weighted by atomic mass is 14.9. The van der Waals surface area contributed by atoms with Crippen LogP contribution in [0.25, 0.3) is 0 Å². The molecule has 2 heteroatoms. The summed E-state index contributed by atoms with van der Waals surface area (Å²) in [5, 5.41) is 12.6. The highest BCUT2D eigenvalue weighted by Crippen LogP contribution is 2.29. The van der Waals surface area contributed by atoms with Crippen LogP contribution in [0.3, 0.4) is 0 Å². The SMILES string of the molecule is CC(C)CC1CCCC(NCC(C)(C)C#N)C1. The molecule has 0 bridgehead atoms. The molecular formula is C15H28N2. The van der Waals surface area contributed by atoms with E-state index in [1.807, 2.05) is 13.8 Å². The molecule has 1 fully saturated rings. The molecule has 17 heavy (non-hydrogen) atoms. The van der Waals surface area contributed by atoms with E-state index in [2.05, 4.69) is 25.2 Å². The topological polar surface area (TPSA) is 35.8 Å². The summed E-state index contributed by atoms with van der Waals surface area (Å²) in [6, 6.07) is 3.00. The van der Waals surface area contributed by atoms with Crippen molar-refractivity contribution in [3.8, 4) is 6.07 Å². The lowest BCUT2D eigenvalue weighted by Gasteiger charge is -2.32. The molecule has 2 nitrogen and oxygen atoms in total. The monoisotopic (exact) mass is 236 g/mol. The first kappa shape index (κ1) is 14.5. The van der Waals surface area contributed by atoms with Gasteiger partial charge in [-0.3, -0.25) is 0 Å². The second kappa shape index (κ2) is 6.40. The molecule has 0 aromatic carbocycles. The van der Waals surface area contributed by atoms with Crippen LogP contribution in [0.5, 0.6) is 0 Å². The maximum atomic E-state index is 9.00. The second-order valence-corrected chi connectivity index (χ2v) is 6.74. The Balaban J connectivity index is 2.33. The highest BCUT2D eigenvalue weighted by molar-refractivity contribution is 4.94. The van der Waals surface area contributed by atoms with Gasteiger partial charge in [0.15, 0.2) is 0 Å². The average molecular weight is 236 g/mol. The van der Waals surface area contributed by atoms with Crippen LogP contribution in [-0.2, 0) is 0 Å². The molecular weight excluding hydrogens is 208 g/mol. The van der Waals surface area contributed by atoms with E-state index in [0.29, 0.717) is 6.04 Å². The van der Waals surface area contributed by atoms with E-state index in [9.17, 15) is 0 Å². The van der Waals surface area contributed by atoms with Gasteiger partial charge in [-0.15, -0.1) is 0 Å². The van der Waals surface area contributed by atoms with Crippen LogP contribution in [0.1, 0.15) is 59.8 Å². The fraction of sp³-hybridized carbons (Fsp3) is 0.933. The van der Waals surface area contributed by atoms with Crippen molar-refractivity contribution in [2.45, 2.75) is 65.8 Å². The molecule has 1 aliphatic carbocycles. The lowest BCUT2D eigenvalue weighted by Crippen LogP contribution is -2.39. The van der Waals surface area contributed by atoms with Gasteiger partial charge in [0.05, 0.1) is 11.5 Å². The number of hydrogen-bond acceptors (Lipinski definition) is 2. The Morgan fingerprint density at radius 1 is 1.35 bits per heavy atom. The summed E-state index contributed by atoms with van der Waals surface area (Å²) in [4.78, 5) is 0. The van der Waals surface area contributed by atoms with Crippen molar-refractivity contribution in [2.75, 3.05) is 6.54 Å². The van der Waals surface area contributed by atoms with E-state index in [0.717, 1.165) is 18.4 Å². The third kappa shape index (κ3) is 5.55. The number of nitrogens with zero attached hydrogens (tertiary/aromatic N) is 1. The number of nitriles is 1. The Morgan fingerprint density at radius 2 is 2.06 bits per heavy atom. The molecule has 1 rings (SSSR count). The Hall–Kier alpha value is -0.550. The van der Waals surface area contributed by atoms with Crippen LogP contribution in [-0.4, -0.2) is 12.6 Å².